The molecule has 36 heavy (non-hydrogen) atoms. The lowest BCUT2D eigenvalue weighted by Crippen LogP contribution is -2.49. The maximum Gasteiger partial charge on any atom is 0.227 e. The molecule has 9 nitrogen and oxygen atoms in total. The van der Waals surface area contributed by atoms with E-state index in [9.17, 15) is 22.4 Å². The molecule has 2 amide bonds. The Bertz CT molecular complexity index is 1180. The fraction of sp³-hybridized carbons (Fsp3) is 0.440. The van der Waals surface area contributed by atoms with Crippen molar-refractivity contribution >= 4 is 33.2 Å². The first-order chi connectivity index (χ1) is 17.3. The van der Waals surface area contributed by atoms with Gasteiger partial charge in [0.25, 0.3) is 0 Å². The van der Waals surface area contributed by atoms with Gasteiger partial charge in [-0.15, -0.1) is 0 Å². The van der Waals surface area contributed by atoms with E-state index in [0.717, 1.165) is 0 Å². The number of para-hydroxylation sites is 1. The summed E-state index contributed by atoms with van der Waals surface area (Å²) in [4.78, 5) is 28.4. The standard InChI is InChI=1S/C25H31FN4O5S/c1-35-21-9-7-20(8-10-21)30-18-19(17-24(30)31)25(32)27-11-4-16-36(33,34)29-14-12-28(13-15-29)23-6-3-2-5-22(23)26/h2-3,5-10,19H,4,11-18H2,1H3,(H,27,32). The van der Waals surface area contributed by atoms with Crippen molar-refractivity contribution in [3.05, 3.63) is 54.3 Å². The van der Waals surface area contributed by atoms with Crippen molar-refractivity contribution in [3.63, 3.8) is 0 Å². The molecule has 0 aromatic heterocycles. The molecule has 0 saturated carbocycles. The van der Waals surface area contributed by atoms with Crippen molar-refractivity contribution in [2.75, 3.05) is 61.9 Å². The molecular formula is C25H31FN4O5S. The molecule has 2 saturated heterocycles. The minimum Gasteiger partial charge on any atom is -0.497 e. The van der Waals surface area contributed by atoms with Gasteiger partial charge in [0.1, 0.15) is 11.6 Å². The molecule has 2 aliphatic rings. The molecule has 4 rings (SSSR count). The number of carbonyl (C=O) groups excluding carboxylic acids is 2. The van der Waals surface area contributed by atoms with Crippen LogP contribution >= 0.6 is 0 Å². The average Bonchev–Trinajstić information content (AvgIpc) is 3.28. The number of piperazine rings is 1. The highest BCUT2D eigenvalue weighted by Crippen LogP contribution is 2.27. The van der Waals surface area contributed by atoms with Crippen LogP contribution in [0.3, 0.4) is 0 Å². The Balaban J connectivity index is 1.20. The molecule has 2 fully saturated rings. The summed E-state index contributed by atoms with van der Waals surface area (Å²) in [5, 5.41) is 2.78. The second kappa shape index (κ2) is 11.3. The lowest BCUT2D eigenvalue weighted by Gasteiger charge is -2.35. The maximum atomic E-state index is 14.0. The number of amides is 2. The summed E-state index contributed by atoms with van der Waals surface area (Å²) in [5.41, 5.74) is 1.19. The number of hydrogen-bond donors (Lipinski definition) is 1. The van der Waals surface area contributed by atoms with Gasteiger partial charge in [0, 0.05) is 51.4 Å². The summed E-state index contributed by atoms with van der Waals surface area (Å²) in [5.74, 6) is -0.591. The number of hydrogen-bond acceptors (Lipinski definition) is 6. The Kier molecular flexibility index (Phi) is 8.10. The van der Waals surface area contributed by atoms with E-state index in [4.69, 9.17) is 4.74 Å². The smallest absolute Gasteiger partial charge is 0.227 e. The Morgan fingerprint density at radius 3 is 2.44 bits per heavy atom. The third kappa shape index (κ3) is 5.96. The molecule has 2 aromatic rings. The Morgan fingerprint density at radius 1 is 1.08 bits per heavy atom. The first kappa shape index (κ1) is 25.9. The number of sulfonamides is 1. The monoisotopic (exact) mass is 518 g/mol. The maximum absolute atomic E-state index is 14.0. The second-order valence-electron chi connectivity index (χ2n) is 8.90. The van der Waals surface area contributed by atoms with Crippen LogP contribution in [0.5, 0.6) is 5.75 Å². The lowest BCUT2D eigenvalue weighted by atomic mass is 10.1. The summed E-state index contributed by atoms with van der Waals surface area (Å²) in [7, 11) is -1.92. The van der Waals surface area contributed by atoms with E-state index in [2.05, 4.69) is 5.32 Å². The highest BCUT2D eigenvalue weighted by atomic mass is 32.2. The molecular weight excluding hydrogens is 487 g/mol. The Labute approximate surface area is 210 Å². The molecule has 1 unspecified atom stereocenters. The average molecular weight is 519 g/mol. The van der Waals surface area contributed by atoms with E-state index in [0.29, 0.717) is 30.2 Å². The van der Waals surface area contributed by atoms with E-state index in [1.165, 1.54) is 10.4 Å². The number of ether oxygens (including phenoxy) is 1. The molecule has 194 valence electrons. The molecule has 2 heterocycles. The number of nitrogens with one attached hydrogen (secondary N) is 1. The van der Waals surface area contributed by atoms with Gasteiger partial charge in [0.15, 0.2) is 0 Å². The van der Waals surface area contributed by atoms with E-state index in [1.54, 1.807) is 54.5 Å². The van der Waals surface area contributed by atoms with Gasteiger partial charge in [-0.25, -0.2) is 12.8 Å². The third-order valence-corrected chi connectivity index (χ3v) is 8.54. The van der Waals surface area contributed by atoms with Crippen LogP contribution in [0, 0.1) is 11.7 Å². The van der Waals surface area contributed by atoms with Crippen LogP contribution in [-0.4, -0.2) is 76.7 Å². The van der Waals surface area contributed by atoms with Crippen molar-refractivity contribution in [1.82, 2.24) is 9.62 Å². The largest absolute Gasteiger partial charge is 0.497 e. The molecule has 2 aromatic carbocycles. The van der Waals surface area contributed by atoms with Gasteiger partial charge < -0.3 is 19.9 Å². The molecule has 0 aliphatic carbocycles. The van der Waals surface area contributed by atoms with Crippen molar-refractivity contribution in [3.8, 4) is 5.75 Å². The van der Waals surface area contributed by atoms with Crippen molar-refractivity contribution in [2.45, 2.75) is 12.8 Å². The van der Waals surface area contributed by atoms with Gasteiger partial charge in [0.05, 0.1) is 24.5 Å². The summed E-state index contributed by atoms with van der Waals surface area (Å²) < 4.78 is 46.1. The van der Waals surface area contributed by atoms with Crippen LogP contribution in [0.1, 0.15) is 12.8 Å². The van der Waals surface area contributed by atoms with E-state index >= 15 is 0 Å². The highest BCUT2D eigenvalue weighted by Gasteiger charge is 2.35. The third-order valence-electron chi connectivity index (χ3n) is 6.58. The van der Waals surface area contributed by atoms with Crippen LogP contribution < -0.4 is 19.9 Å². The molecule has 0 spiro atoms. The number of carbonyl (C=O) groups is 2. The number of benzene rings is 2. The van der Waals surface area contributed by atoms with Crippen LogP contribution in [0.25, 0.3) is 0 Å². The minimum absolute atomic E-state index is 0.0887. The van der Waals surface area contributed by atoms with Crippen LogP contribution in [0.15, 0.2) is 48.5 Å². The molecule has 1 N–H and O–H groups in total. The van der Waals surface area contributed by atoms with Crippen LogP contribution in [0.4, 0.5) is 15.8 Å². The predicted octanol–water partition coefficient (Wildman–Crippen LogP) is 1.85. The Hall–Kier alpha value is -3.18. The molecule has 0 radical (unpaired) electrons. The number of halogens is 1. The van der Waals surface area contributed by atoms with Gasteiger partial charge in [-0.05, 0) is 42.8 Å². The summed E-state index contributed by atoms with van der Waals surface area (Å²) >= 11 is 0. The molecule has 1 atom stereocenters. The van der Waals surface area contributed by atoms with E-state index in [1.807, 2.05) is 4.90 Å². The topological polar surface area (TPSA) is 99.3 Å². The second-order valence-corrected chi connectivity index (χ2v) is 11.0. The summed E-state index contributed by atoms with van der Waals surface area (Å²) in [6, 6.07) is 13.5. The first-order valence-corrected chi connectivity index (χ1v) is 13.6. The summed E-state index contributed by atoms with van der Waals surface area (Å²) in [6.45, 7) is 1.89. The molecule has 0 bridgehead atoms. The van der Waals surface area contributed by atoms with Gasteiger partial charge in [0.2, 0.25) is 21.8 Å². The van der Waals surface area contributed by atoms with Crippen LogP contribution in [0.2, 0.25) is 0 Å². The summed E-state index contributed by atoms with van der Waals surface area (Å²) in [6.07, 6.45) is 0.382. The van der Waals surface area contributed by atoms with Crippen LogP contribution in [-0.2, 0) is 19.6 Å². The van der Waals surface area contributed by atoms with Crippen molar-refractivity contribution < 1.29 is 27.1 Å². The van der Waals surface area contributed by atoms with E-state index < -0.39 is 15.9 Å². The fourth-order valence-corrected chi connectivity index (χ4v) is 6.04. The van der Waals surface area contributed by atoms with Crippen molar-refractivity contribution in [2.24, 2.45) is 5.92 Å². The normalized spacial score (nSPS) is 18.9. The van der Waals surface area contributed by atoms with Gasteiger partial charge >= 0.3 is 0 Å². The number of rotatable bonds is 9. The minimum atomic E-state index is -3.49. The van der Waals surface area contributed by atoms with Gasteiger partial charge in [-0.1, -0.05) is 12.1 Å². The van der Waals surface area contributed by atoms with E-state index in [-0.39, 0.29) is 62.4 Å². The number of methoxy groups -OCH3 is 1. The van der Waals surface area contributed by atoms with Crippen molar-refractivity contribution in [1.29, 1.82) is 0 Å². The molecule has 2 aliphatic heterocycles. The molecule has 11 heteroatoms. The zero-order chi connectivity index (χ0) is 25.7. The Morgan fingerprint density at radius 2 is 1.78 bits per heavy atom. The zero-order valence-corrected chi connectivity index (χ0v) is 21.0. The quantitative estimate of drug-likeness (QED) is 0.509. The highest BCUT2D eigenvalue weighted by molar-refractivity contribution is 7.89. The lowest BCUT2D eigenvalue weighted by molar-refractivity contribution is -0.126. The van der Waals surface area contributed by atoms with Gasteiger partial charge in [-0.3, -0.25) is 9.59 Å². The number of anilines is 2. The SMILES string of the molecule is COc1ccc(N2CC(C(=O)NCCCS(=O)(=O)N3CCN(c4ccccc4F)CC3)CC2=O)cc1. The first-order valence-electron chi connectivity index (χ1n) is 12.0. The fourth-order valence-electron chi connectivity index (χ4n) is 4.55. The predicted molar refractivity (Wildman–Crippen MR) is 135 cm³/mol. The number of nitrogens with zero attached hydrogens (tertiary/aromatic N) is 3. The van der Waals surface area contributed by atoms with Gasteiger partial charge in [-0.2, -0.15) is 4.31 Å². The zero-order valence-electron chi connectivity index (χ0n) is 20.2.